The van der Waals surface area contributed by atoms with Crippen molar-refractivity contribution in [3.05, 3.63) is 17.8 Å². The van der Waals surface area contributed by atoms with E-state index in [0.717, 1.165) is 17.8 Å². The number of amides is 1. The number of hydrogen-bond donors (Lipinski definition) is 3. The molecule has 0 radical (unpaired) electrons. The molecule has 3 N–H and O–H groups in total. The molecule has 2 aromatic heterocycles. The molecule has 1 aliphatic heterocycles. The standard InChI is InChI=1S/C14H18N6O2S/c1-15-13-17-5-9(6-18-13)11-8-23-14(19-11)20-12(21)4-10-7-22-3-2-16-10/h5-6,8,10,16H,2-4,7H2,1H3,(H,15,17,18)(H,19,20,21)/t10-/m0/s1. The minimum atomic E-state index is -0.0734. The number of hydrogen-bond acceptors (Lipinski definition) is 8. The summed E-state index contributed by atoms with van der Waals surface area (Å²) in [6.07, 6.45) is 3.76. The molecular formula is C14H18N6O2S. The van der Waals surface area contributed by atoms with E-state index in [2.05, 4.69) is 30.9 Å². The predicted molar refractivity (Wildman–Crippen MR) is 88.5 cm³/mol. The van der Waals surface area contributed by atoms with E-state index in [1.807, 2.05) is 5.38 Å². The second-order valence-corrected chi connectivity index (χ2v) is 5.92. The summed E-state index contributed by atoms with van der Waals surface area (Å²) in [5.41, 5.74) is 1.55. The van der Waals surface area contributed by atoms with Crippen molar-refractivity contribution in [3.8, 4) is 11.3 Å². The number of nitrogens with zero attached hydrogens (tertiary/aromatic N) is 3. The maximum absolute atomic E-state index is 12.0. The fourth-order valence-corrected chi connectivity index (χ4v) is 2.93. The zero-order valence-corrected chi connectivity index (χ0v) is 13.5. The molecule has 0 aromatic carbocycles. The van der Waals surface area contributed by atoms with Crippen LogP contribution in [0.1, 0.15) is 6.42 Å². The molecule has 9 heteroatoms. The molecule has 8 nitrogen and oxygen atoms in total. The van der Waals surface area contributed by atoms with E-state index in [0.29, 0.717) is 30.7 Å². The Balaban J connectivity index is 1.58. The Labute approximate surface area is 137 Å². The lowest BCUT2D eigenvalue weighted by Gasteiger charge is -2.22. The normalized spacial score (nSPS) is 17.7. The summed E-state index contributed by atoms with van der Waals surface area (Å²) >= 11 is 1.38. The van der Waals surface area contributed by atoms with Crippen LogP contribution in [0.25, 0.3) is 11.3 Å². The number of aromatic nitrogens is 3. The van der Waals surface area contributed by atoms with Crippen molar-refractivity contribution in [3.63, 3.8) is 0 Å². The quantitative estimate of drug-likeness (QED) is 0.748. The van der Waals surface area contributed by atoms with Gasteiger partial charge in [-0.2, -0.15) is 0 Å². The van der Waals surface area contributed by atoms with Crippen molar-refractivity contribution in [2.24, 2.45) is 0 Å². The largest absolute Gasteiger partial charge is 0.378 e. The third-order valence-electron chi connectivity index (χ3n) is 3.35. The minimum Gasteiger partial charge on any atom is -0.378 e. The van der Waals surface area contributed by atoms with E-state index in [9.17, 15) is 4.79 Å². The Bertz CT molecular complexity index is 654. The van der Waals surface area contributed by atoms with Crippen LogP contribution in [-0.4, -0.2) is 53.7 Å². The lowest BCUT2D eigenvalue weighted by molar-refractivity contribution is -0.117. The second kappa shape index (κ2) is 7.44. The first-order valence-corrected chi connectivity index (χ1v) is 8.19. The molecule has 0 bridgehead atoms. The Morgan fingerprint density at radius 3 is 3.00 bits per heavy atom. The van der Waals surface area contributed by atoms with Gasteiger partial charge in [-0.25, -0.2) is 15.0 Å². The number of thiazole rings is 1. The van der Waals surface area contributed by atoms with Crippen LogP contribution in [0.5, 0.6) is 0 Å². The summed E-state index contributed by atoms with van der Waals surface area (Å²) in [6, 6.07) is 0.0608. The van der Waals surface area contributed by atoms with Gasteiger partial charge in [0.2, 0.25) is 11.9 Å². The molecule has 0 unspecified atom stereocenters. The molecular weight excluding hydrogens is 316 g/mol. The zero-order chi connectivity index (χ0) is 16.1. The molecule has 122 valence electrons. The molecule has 3 heterocycles. The van der Waals surface area contributed by atoms with E-state index in [4.69, 9.17) is 4.74 Å². The van der Waals surface area contributed by atoms with E-state index >= 15 is 0 Å². The van der Waals surface area contributed by atoms with Crippen molar-refractivity contribution in [1.29, 1.82) is 0 Å². The number of rotatable bonds is 5. The lowest BCUT2D eigenvalue weighted by atomic mass is 10.2. The Kier molecular flexibility index (Phi) is 5.11. The van der Waals surface area contributed by atoms with Crippen LogP contribution in [0.2, 0.25) is 0 Å². The number of carbonyl (C=O) groups is 1. The van der Waals surface area contributed by atoms with Crippen molar-refractivity contribution in [2.45, 2.75) is 12.5 Å². The minimum absolute atomic E-state index is 0.0608. The van der Waals surface area contributed by atoms with Crippen LogP contribution in [0.4, 0.5) is 11.1 Å². The molecule has 2 aromatic rings. The molecule has 23 heavy (non-hydrogen) atoms. The van der Waals surface area contributed by atoms with Gasteiger partial charge in [-0.05, 0) is 0 Å². The molecule has 0 saturated carbocycles. The monoisotopic (exact) mass is 334 g/mol. The first-order valence-electron chi connectivity index (χ1n) is 7.31. The summed E-state index contributed by atoms with van der Waals surface area (Å²) in [6.45, 7) is 2.04. The first-order chi connectivity index (χ1) is 11.2. The van der Waals surface area contributed by atoms with E-state index < -0.39 is 0 Å². The van der Waals surface area contributed by atoms with Crippen LogP contribution in [0.3, 0.4) is 0 Å². The highest BCUT2D eigenvalue weighted by Crippen LogP contribution is 2.24. The van der Waals surface area contributed by atoms with Crippen molar-refractivity contribution in [2.75, 3.05) is 37.4 Å². The average molecular weight is 334 g/mol. The Hall–Kier alpha value is -2.10. The van der Waals surface area contributed by atoms with Gasteiger partial charge < -0.3 is 20.7 Å². The Morgan fingerprint density at radius 2 is 2.30 bits per heavy atom. The van der Waals surface area contributed by atoms with Crippen LogP contribution in [0, 0.1) is 0 Å². The molecule has 0 spiro atoms. The van der Waals surface area contributed by atoms with Gasteiger partial charge in [0.1, 0.15) is 0 Å². The van der Waals surface area contributed by atoms with Crippen molar-refractivity contribution >= 4 is 28.3 Å². The highest BCUT2D eigenvalue weighted by Gasteiger charge is 2.17. The molecule has 1 aliphatic rings. The topological polar surface area (TPSA) is 101 Å². The molecule has 3 rings (SSSR count). The molecule has 0 aliphatic carbocycles. The van der Waals surface area contributed by atoms with Crippen LogP contribution >= 0.6 is 11.3 Å². The fraction of sp³-hybridized carbons (Fsp3) is 0.429. The van der Waals surface area contributed by atoms with Crippen LogP contribution < -0.4 is 16.0 Å². The smallest absolute Gasteiger partial charge is 0.227 e. The SMILES string of the molecule is CNc1ncc(-c2csc(NC(=O)C[C@H]3COCCN3)n2)cn1. The predicted octanol–water partition coefficient (Wildman–Crippen LogP) is 0.959. The maximum Gasteiger partial charge on any atom is 0.227 e. The summed E-state index contributed by atoms with van der Waals surface area (Å²) < 4.78 is 5.34. The number of morpholine rings is 1. The van der Waals surface area contributed by atoms with Gasteiger partial charge in [-0.1, -0.05) is 0 Å². The number of ether oxygens (including phenoxy) is 1. The van der Waals surface area contributed by atoms with Crippen LogP contribution in [-0.2, 0) is 9.53 Å². The zero-order valence-electron chi connectivity index (χ0n) is 12.7. The average Bonchev–Trinajstić information content (AvgIpc) is 3.04. The van der Waals surface area contributed by atoms with Crippen molar-refractivity contribution < 1.29 is 9.53 Å². The second-order valence-electron chi connectivity index (χ2n) is 5.06. The molecule has 1 fully saturated rings. The summed E-state index contributed by atoms with van der Waals surface area (Å²) in [4.78, 5) is 24.7. The van der Waals surface area contributed by atoms with Gasteiger partial charge in [0.25, 0.3) is 0 Å². The van der Waals surface area contributed by atoms with Crippen LogP contribution in [0.15, 0.2) is 17.8 Å². The van der Waals surface area contributed by atoms with Crippen molar-refractivity contribution in [1.82, 2.24) is 20.3 Å². The van der Waals surface area contributed by atoms with Gasteiger partial charge in [-0.3, -0.25) is 4.79 Å². The fourth-order valence-electron chi connectivity index (χ4n) is 2.20. The summed E-state index contributed by atoms with van der Waals surface area (Å²) in [5, 5.41) is 11.4. The van der Waals surface area contributed by atoms with E-state index in [1.165, 1.54) is 11.3 Å². The summed E-state index contributed by atoms with van der Waals surface area (Å²) in [5.74, 6) is 0.482. The molecule has 1 saturated heterocycles. The van der Waals surface area contributed by atoms with Gasteiger partial charge in [0, 0.05) is 49.4 Å². The molecule has 1 atom stereocenters. The Morgan fingerprint density at radius 1 is 1.48 bits per heavy atom. The highest BCUT2D eigenvalue weighted by atomic mass is 32.1. The first kappa shape index (κ1) is 15.8. The van der Waals surface area contributed by atoms with Gasteiger partial charge >= 0.3 is 0 Å². The molecule has 1 amide bonds. The van der Waals surface area contributed by atoms with Gasteiger partial charge in [-0.15, -0.1) is 11.3 Å². The number of anilines is 2. The van der Waals surface area contributed by atoms with Gasteiger partial charge in [0.05, 0.1) is 18.9 Å². The number of carbonyl (C=O) groups excluding carboxylic acids is 1. The number of nitrogens with one attached hydrogen (secondary N) is 3. The summed E-state index contributed by atoms with van der Waals surface area (Å²) in [7, 11) is 1.76. The van der Waals surface area contributed by atoms with Gasteiger partial charge in [0.15, 0.2) is 5.13 Å². The van der Waals surface area contributed by atoms with E-state index in [-0.39, 0.29) is 11.9 Å². The third-order valence-corrected chi connectivity index (χ3v) is 4.11. The highest BCUT2D eigenvalue weighted by molar-refractivity contribution is 7.14. The van der Waals surface area contributed by atoms with E-state index in [1.54, 1.807) is 19.4 Å². The maximum atomic E-state index is 12.0. The lowest BCUT2D eigenvalue weighted by Crippen LogP contribution is -2.43. The third kappa shape index (κ3) is 4.21.